The molecule has 4 aromatic carbocycles. The molecule has 0 aliphatic carbocycles. The molecule has 0 saturated carbocycles. The van der Waals surface area contributed by atoms with Crippen LogP contribution in [0.2, 0.25) is 0 Å². The lowest BCUT2D eigenvalue weighted by molar-refractivity contribution is -0.118. The minimum atomic E-state index is -0.836. The zero-order valence-corrected chi connectivity index (χ0v) is 23.3. The molecule has 0 fully saturated rings. The molecule has 0 aromatic heterocycles. The Bertz CT molecular complexity index is 1180. The second kappa shape index (κ2) is 13.5. The van der Waals surface area contributed by atoms with E-state index < -0.39 is 10.8 Å². The molecule has 0 spiro atoms. The van der Waals surface area contributed by atoms with Crippen molar-refractivity contribution in [1.82, 2.24) is 0 Å². The molecular weight excluding hydrogens is 511 g/mol. The summed E-state index contributed by atoms with van der Waals surface area (Å²) in [6.07, 6.45) is 1.18. The van der Waals surface area contributed by atoms with Crippen molar-refractivity contribution in [2.24, 2.45) is 0 Å². The molecule has 0 aliphatic heterocycles. The van der Waals surface area contributed by atoms with Gasteiger partial charge in [-0.3, -0.25) is 4.79 Å². The molecule has 0 radical (unpaired) electrons. The number of alkyl halides is 2. The van der Waals surface area contributed by atoms with Crippen molar-refractivity contribution in [2.75, 3.05) is 10.6 Å². The predicted molar refractivity (Wildman–Crippen MR) is 162 cm³/mol. The number of rotatable bonds is 12. The molecule has 0 bridgehead atoms. The summed E-state index contributed by atoms with van der Waals surface area (Å²) in [6.45, 7) is 4.09. The second-order valence-electron chi connectivity index (χ2n) is 9.82. The highest BCUT2D eigenvalue weighted by molar-refractivity contribution is 6.41. The summed E-state index contributed by atoms with van der Waals surface area (Å²) in [5.74, 6) is -0.200. The van der Waals surface area contributed by atoms with Crippen LogP contribution < -0.4 is 10.6 Å². The third kappa shape index (κ3) is 7.86. The summed E-state index contributed by atoms with van der Waals surface area (Å²) in [5.41, 5.74) is 6.36. The number of benzene rings is 4. The molecule has 4 atom stereocenters. The molecule has 0 heterocycles. The van der Waals surface area contributed by atoms with E-state index in [9.17, 15) is 4.79 Å². The number of nitrogens with one attached hydrogen (secondary N) is 2. The first-order valence-corrected chi connectivity index (χ1v) is 13.8. The lowest BCUT2D eigenvalue weighted by Crippen LogP contribution is -2.46. The van der Waals surface area contributed by atoms with Crippen LogP contribution in [0, 0.1) is 13.8 Å². The van der Waals surface area contributed by atoms with Crippen LogP contribution in [0.15, 0.2) is 109 Å². The monoisotopic (exact) mass is 544 g/mol. The fourth-order valence-corrected chi connectivity index (χ4v) is 5.11. The van der Waals surface area contributed by atoms with Crippen molar-refractivity contribution in [3.8, 4) is 0 Å². The lowest BCUT2D eigenvalue weighted by Gasteiger charge is -2.29. The fraction of sp³-hybridized carbons (Fsp3) is 0.242. The highest BCUT2D eigenvalue weighted by Crippen LogP contribution is 2.24. The van der Waals surface area contributed by atoms with Gasteiger partial charge in [-0.15, -0.1) is 23.2 Å². The maximum Gasteiger partial charge on any atom is 0.172 e. The van der Waals surface area contributed by atoms with Crippen molar-refractivity contribution in [3.05, 3.63) is 131 Å². The van der Waals surface area contributed by atoms with E-state index >= 15 is 0 Å². The topological polar surface area (TPSA) is 41.1 Å². The van der Waals surface area contributed by atoms with E-state index in [2.05, 4.69) is 10.6 Å². The maximum absolute atomic E-state index is 13.9. The number of Topliss-reactive ketones (excluding diaryl/α,β-unsaturated/α-hetero) is 1. The predicted octanol–water partition coefficient (Wildman–Crippen LogP) is 7.83. The van der Waals surface area contributed by atoms with Gasteiger partial charge in [0.15, 0.2) is 5.78 Å². The van der Waals surface area contributed by atoms with Gasteiger partial charge in [-0.2, -0.15) is 0 Å². The Labute approximate surface area is 236 Å². The number of hydrogen-bond donors (Lipinski definition) is 2. The Morgan fingerprint density at radius 2 is 0.921 bits per heavy atom. The first-order chi connectivity index (χ1) is 18.4. The Hall–Kier alpha value is -3.27. The van der Waals surface area contributed by atoms with Crippen LogP contribution in [0.4, 0.5) is 11.4 Å². The molecule has 0 aliphatic rings. The van der Waals surface area contributed by atoms with Crippen LogP contribution in [0.25, 0.3) is 0 Å². The van der Waals surface area contributed by atoms with E-state index in [0.29, 0.717) is 12.8 Å². The normalized spacial score (nSPS) is 14.2. The molecule has 5 heteroatoms. The number of hydrogen-bond acceptors (Lipinski definition) is 3. The molecule has 38 heavy (non-hydrogen) atoms. The second-order valence-corrected chi connectivity index (χ2v) is 10.8. The molecule has 4 unspecified atom stereocenters. The highest BCUT2D eigenvalue weighted by Gasteiger charge is 2.35. The Kier molecular flexibility index (Phi) is 9.86. The minimum absolute atomic E-state index is 0.200. The van der Waals surface area contributed by atoms with E-state index in [0.717, 1.165) is 22.5 Å². The minimum Gasteiger partial charge on any atom is -0.380 e. The molecular formula is C33H34Cl2N2O. The van der Waals surface area contributed by atoms with Gasteiger partial charge in [-0.25, -0.2) is 0 Å². The molecule has 0 saturated heterocycles. The zero-order valence-electron chi connectivity index (χ0n) is 21.8. The van der Waals surface area contributed by atoms with Crippen molar-refractivity contribution in [3.63, 3.8) is 0 Å². The van der Waals surface area contributed by atoms with Gasteiger partial charge in [-0.05, 0) is 62.1 Å². The summed E-state index contributed by atoms with van der Waals surface area (Å²) in [5, 5.41) is 5.33. The van der Waals surface area contributed by atoms with E-state index in [-0.39, 0.29) is 17.9 Å². The first-order valence-electron chi connectivity index (χ1n) is 12.9. The first kappa shape index (κ1) is 27.8. The molecule has 196 valence electrons. The van der Waals surface area contributed by atoms with Crippen molar-refractivity contribution < 1.29 is 4.79 Å². The maximum atomic E-state index is 13.9. The molecule has 4 aromatic rings. The molecule has 0 amide bonds. The number of ketones is 1. The third-order valence-corrected chi connectivity index (χ3v) is 7.69. The number of halogens is 2. The summed E-state index contributed by atoms with van der Waals surface area (Å²) >= 11 is 13.9. The average molecular weight is 546 g/mol. The van der Waals surface area contributed by atoms with Crippen LogP contribution >= 0.6 is 23.2 Å². The van der Waals surface area contributed by atoms with E-state index in [1.165, 1.54) is 11.1 Å². The Balaban J connectivity index is 1.57. The van der Waals surface area contributed by atoms with Crippen molar-refractivity contribution in [1.29, 1.82) is 0 Å². The molecule has 4 rings (SSSR count). The Morgan fingerprint density at radius 1 is 0.579 bits per heavy atom. The van der Waals surface area contributed by atoms with Gasteiger partial charge >= 0.3 is 0 Å². The van der Waals surface area contributed by atoms with Crippen LogP contribution in [-0.4, -0.2) is 28.6 Å². The van der Waals surface area contributed by atoms with Crippen LogP contribution in [-0.2, 0) is 17.6 Å². The lowest BCUT2D eigenvalue weighted by atomic mass is 9.94. The molecule has 2 N–H and O–H groups in total. The van der Waals surface area contributed by atoms with E-state index in [1.54, 1.807) is 0 Å². The van der Waals surface area contributed by atoms with Crippen LogP contribution in [0.3, 0.4) is 0 Å². The fourth-order valence-electron chi connectivity index (χ4n) is 4.47. The summed E-state index contributed by atoms with van der Waals surface area (Å²) in [6, 6.07) is 35.7. The van der Waals surface area contributed by atoms with Gasteiger partial charge in [0.25, 0.3) is 0 Å². The summed E-state index contributed by atoms with van der Waals surface area (Å²) in [4.78, 5) is 13.9. The number of anilines is 2. The quantitative estimate of drug-likeness (QED) is 0.178. The van der Waals surface area contributed by atoms with Gasteiger partial charge in [0, 0.05) is 11.4 Å². The van der Waals surface area contributed by atoms with Crippen molar-refractivity contribution in [2.45, 2.75) is 49.5 Å². The average Bonchev–Trinajstić information content (AvgIpc) is 2.94. The number of aryl methyl sites for hydroxylation is 2. The van der Waals surface area contributed by atoms with Gasteiger partial charge in [0.2, 0.25) is 0 Å². The summed E-state index contributed by atoms with van der Waals surface area (Å²) in [7, 11) is 0. The summed E-state index contributed by atoms with van der Waals surface area (Å²) < 4.78 is 0. The third-order valence-electron chi connectivity index (χ3n) is 6.65. The van der Waals surface area contributed by atoms with Gasteiger partial charge in [0.1, 0.15) is 10.8 Å². The van der Waals surface area contributed by atoms with Gasteiger partial charge in [-0.1, -0.05) is 96.1 Å². The Morgan fingerprint density at radius 3 is 1.26 bits per heavy atom. The zero-order chi connectivity index (χ0) is 26.9. The number of carbonyl (C=O) groups excluding carboxylic acids is 1. The standard InChI is InChI=1S/C33H34Cl2N2O/c1-23-13-17-27(18-14-23)36-29(21-25-9-5-3-6-10-25)31(34)33(38)32(35)30(22-26-11-7-4-8-12-26)37-28-19-15-24(2)16-20-28/h3-20,29-32,36-37H,21-22H2,1-2H3. The smallest absolute Gasteiger partial charge is 0.172 e. The highest BCUT2D eigenvalue weighted by atomic mass is 35.5. The van der Waals surface area contributed by atoms with Crippen molar-refractivity contribution >= 4 is 40.4 Å². The molecule has 3 nitrogen and oxygen atoms in total. The SMILES string of the molecule is Cc1ccc(NC(Cc2ccccc2)C(Cl)C(=O)C(Cl)C(Cc2ccccc2)Nc2ccc(C)cc2)cc1. The van der Waals surface area contributed by atoms with E-state index in [4.69, 9.17) is 23.2 Å². The van der Waals surface area contributed by atoms with Crippen LogP contribution in [0.1, 0.15) is 22.3 Å². The van der Waals surface area contributed by atoms with E-state index in [1.807, 2.05) is 123 Å². The van der Waals surface area contributed by atoms with Crippen LogP contribution in [0.5, 0.6) is 0 Å². The largest absolute Gasteiger partial charge is 0.380 e. The van der Waals surface area contributed by atoms with Gasteiger partial charge in [0.05, 0.1) is 12.1 Å². The van der Waals surface area contributed by atoms with Gasteiger partial charge < -0.3 is 10.6 Å². The number of carbonyl (C=O) groups is 1.